The first-order chi connectivity index (χ1) is 9.72. The molecule has 3 aromatic rings. The fourth-order valence-electron chi connectivity index (χ4n) is 1.90. The van der Waals surface area contributed by atoms with Gasteiger partial charge < -0.3 is 5.32 Å². The Morgan fingerprint density at radius 2 is 1.90 bits per heavy atom. The van der Waals surface area contributed by atoms with Gasteiger partial charge in [0.15, 0.2) is 0 Å². The van der Waals surface area contributed by atoms with Crippen LogP contribution in [0.3, 0.4) is 0 Å². The number of benzene rings is 2. The predicted octanol–water partition coefficient (Wildman–Crippen LogP) is 3.99. The van der Waals surface area contributed by atoms with Crippen molar-refractivity contribution in [3.05, 3.63) is 63.7 Å². The van der Waals surface area contributed by atoms with E-state index in [0.29, 0.717) is 6.54 Å². The summed E-state index contributed by atoms with van der Waals surface area (Å²) in [6, 6.07) is 12.4. The zero-order chi connectivity index (χ0) is 13.9. The smallest absolute Gasteiger partial charge is 0.124 e. The first-order valence-electron chi connectivity index (χ1n) is 6.12. The predicted molar refractivity (Wildman–Crippen MR) is 86.0 cm³/mol. The van der Waals surface area contributed by atoms with Gasteiger partial charge in [0.1, 0.15) is 5.82 Å². The van der Waals surface area contributed by atoms with Gasteiger partial charge in [-0.25, -0.2) is 9.37 Å². The van der Waals surface area contributed by atoms with Crippen LogP contribution in [0.2, 0.25) is 0 Å². The zero-order valence-corrected chi connectivity index (χ0v) is 12.6. The normalized spacial score (nSPS) is 10.7. The van der Waals surface area contributed by atoms with E-state index < -0.39 is 0 Å². The number of anilines is 1. The number of aromatic nitrogens is 2. The van der Waals surface area contributed by atoms with Gasteiger partial charge in [-0.15, -0.1) is 0 Å². The lowest BCUT2D eigenvalue weighted by molar-refractivity contribution is 0.627. The molecule has 0 atom stereocenters. The number of para-hydroxylation sites is 2. The molecule has 0 bridgehead atoms. The van der Waals surface area contributed by atoms with E-state index in [4.69, 9.17) is 0 Å². The number of hydrogen-bond acceptors (Lipinski definition) is 3. The molecule has 1 heterocycles. The molecule has 0 aliphatic rings. The topological polar surface area (TPSA) is 37.8 Å². The second kappa shape index (κ2) is 5.70. The van der Waals surface area contributed by atoms with Crippen LogP contribution in [-0.4, -0.2) is 9.97 Å². The molecule has 2 aromatic carbocycles. The molecule has 20 heavy (non-hydrogen) atoms. The van der Waals surface area contributed by atoms with Gasteiger partial charge >= 0.3 is 0 Å². The molecule has 100 valence electrons. The van der Waals surface area contributed by atoms with Gasteiger partial charge in [-0.2, -0.15) is 0 Å². The molecule has 0 saturated heterocycles. The van der Waals surface area contributed by atoms with Crippen LogP contribution in [0.15, 0.2) is 48.7 Å². The molecular formula is C15H11FIN3. The summed E-state index contributed by atoms with van der Waals surface area (Å²) in [5.74, 6) is -0.231. The number of halogens is 2. The Labute approximate surface area is 129 Å². The van der Waals surface area contributed by atoms with Gasteiger partial charge in [0, 0.05) is 9.26 Å². The third-order valence-corrected chi connectivity index (χ3v) is 3.78. The van der Waals surface area contributed by atoms with Crippen LogP contribution in [0, 0.1) is 9.39 Å². The molecule has 0 unspecified atom stereocenters. The largest absolute Gasteiger partial charge is 0.378 e. The Kier molecular flexibility index (Phi) is 3.77. The Balaban J connectivity index is 1.79. The SMILES string of the molecule is Fc1ccc(NCc2cnc3ccccc3n2)c(I)c1. The molecule has 0 aliphatic heterocycles. The van der Waals surface area contributed by atoms with E-state index in [-0.39, 0.29) is 5.82 Å². The number of nitrogens with one attached hydrogen (secondary N) is 1. The van der Waals surface area contributed by atoms with Gasteiger partial charge in [-0.05, 0) is 52.9 Å². The second-order valence-electron chi connectivity index (χ2n) is 4.33. The molecule has 0 aliphatic carbocycles. The highest BCUT2D eigenvalue weighted by molar-refractivity contribution is 14.1. The van der Waals surface area contributed by atoms with Crippen molar-refractivity contribution >= 4 is 39.3 Å². The van der Waals surface area contributed by atoms with Crippen LogP contribution in [0.4, 0.5) is 10.1 Å². The molecule has 0 spiro atoms. The Hall–Kier alpha value is -1.76. The van der Waals surface area contributed by atoms with E-state index in [1.807, 2.05) is 24.3 Å². The molecule has 1 N–H and O–H groups in total. The lowest BCUT2D eigenvalue weighted by Gasteiger charge is -2.08. The number of nitrogens with zero attached hydrogens (tertiary/aromatic N) is 2. The molecule has 0 fully saturated rings. The van der Waals surface area contributed by atoms with E-state index >= 15 is 0 Å². The minimum absolute atomic E-state index is 0.231. The van der Waals surface area contributed by atoms with E-state index in [0.717, 1.165) is 26.0 Å². The van der Waals surface area contributed by atoms with Crippen LogP contribution < -0.4 is 5.32 Å². The summed E-state index contributed by atoms with van der Waals surface area (Å²) in [6.45, 7) is 0.555. The lowest BCUT2D eigenvalue weighted by Crippen LogP contribution is -2.04. The monoisotopic (exact) mass is 379 g/mol. The summed E-state index contributed by atoms with van der Waals surface area (Å²) in [5, 5.41) is 3.24. The molecule has 1 aromatic heterocycles. The van der Waals surface area contributed by atoms with Gasteiger partial charge in [0.2, 0.25) is 0 Å². The van der Waals surface area contributed by atoms with Crippen molar-refractivity contribution in [3.63, 3.8) is 0 Å². The van der Waals surface area contributed by atoms with Gasteiger partial charge in [-0.1, -0.05) is 12.1 Å². The number of fused-ring (bicyclic) bond motifs is 1. The van der Waals surface area contributed by atoms with Crippen LogP contribution in [-0.2, 0) is 6.54 Å². The standard InChI is InChI=1S/C15H11FIN3/c16-10-5-6-13(12(17)7-10)18-8-11-9-19-14-3-1-2-4-15(14)20-11/h1-7,9,18H,8H2. The van der Waals surface area contributed by atoms with Crippen molar-refractivity contribution in [3.8, 4) is 0 Å². The van der Waals surface area contributed by atoms with Crippen molar-refractivity contribution in [1.82, 2.24) is 9.97 Å². The highest BCUT2D eigenvalue weighted by Crippen LogP contribution is 2.19. The van der Waals surface area contributed by atoms with E-state index in [1.165, 1.54) is 12.1 Å². The number of rotatable bonds is 3. The third kappa shape index (κ3) is 2.87. The number of hydrogen-bond donors (Lipinski definition) is 1. The molecule has 3 nitrogen and oxygen atoms in total. The van der Waals surface area contributed by atoms with Gasteiger partial charge in [-0.3, -0.25) is 4.98 Å². The molecule has 0 saturated carbocycles. The summed E-state index contributed by atoms with van der Waals surface area (Å²) in [5.41, 5.74) is 3.50. The van der Waals surface area contributed by atoms with E-state index in [9.17, 15) is 4.39 Å². The Morgan fingerprint density at radius 3 is 2.70 bits per heavy atom. The van der Waals surface area contributed by atoms with Crippen molar-refractivity contribution in [2.24, 2.45) is 0 Å². The van der Waals surface area contributed by atoms with Crippen molar-refractivity contribution < 1.29 is 4.39 Å². The average molecular weight is 379 g/mol. The first-order valence-corrected chi connectivity index (χ1v) is 7.20. The first kappa shape index (κ1) is 13.2. The van der Waals surface area contributed by atoms with Gasteiger partial charge in [0.05, 0.1) is 29.5 Å². The highest BCUT2D eigenvalue weighted by Gasteiger charge is 2.03. The van der Waals surface area contributed by atoms with Crippen LogP contribution >= 0.6 is 22.6 Å². The van der Waals surface area contributed by atoms with Crippen molar-refractivity contribution in [2.75, 3.05) is 5.32 Å². The summed E-state index contributed by atoms with van der Waals surface area (Å²) in [7, 11) is 0. The maximum atomic E-state index is 13.0. The summed E-state index contributed by atoms with van der Waals surface area (Å²) < 4.78 is 13.9. The zero-order valence-electron chi connectivity index (χ0n) is 10.5. The van der Waals surface area contributed by atoms with Crippen molar-refractivity contribution in [2.45, 2.75) is 6.54 Å². The van der Waals surface area contributed by atoms with Crippen LogP contribution in [0.1, 0.15) is 5.69 Å². The van der Waals surface area contributed by atoms with Crippen LogP contribution in [0.5, 0.6) is 0 Å². The molecule has 0 radical (unpaired) electrons. The lowest BCUT2D eigenvalue weighted by atomic mass is 10.3. The van der Waals surface area contributed by atoms with E-state index in [1.54, 1.807) is 12.3 Å². The quantitative estimate of drug-likeness (QED) is 0.700. The van der Waals surface area contributed by atoms with Crippen molar-refractivity contribution in [1.29, 1.82) is 0 Å². The fraction of sp³-hybridized carbons (Fsp3) is 0.0667. The Morgan fingerprint density at radius 1 is 1.10 bits per heavy atom. The van der Waals surface area contributed by atoms with E-state index in [2.05, 4.69) is 37.9 Å². The summed E-state index contributed by atoms with van der Waals surface area (Å²) >= 11 is 2.10. The second-order valence-corrected chi connectivity index (χ2v) is 5.49. The summed E-state index contributed by atoms with van der Waals surface area (Å²) in [6.07, 6.45) is 1.76. The maximum absolute atomic E-state index is 13.0. The Bertz CT molecular complexity index is 761. The third-order valence-electron chi connectivity index (χ3n) is 2.89. The fourth-order valence-corrected chi connectivity index (χ4v) is 2.57. The molecular weight excluding hydrogens is 368 g/mol. The highest BCUT2D eigenvalue weighted by atomic mass is 127. The minimum atomic E-state index is -0.231. The average Bonchev–Trinajstić information content (AvgIpc) is 2.46. The molecule has 0 amide bonds. The van der Waals surface area contributed by atoms with Gasteiger partial charge in [0.25, 0.3) is 0 Å². The molecule has 5 heteroatoms. The van der Waals surface area contributed by atoms with Crippen LogP contribution in [0.25, 0.3) is 11.0 Å². The minimum Gasteiger partial charge on any atom is -0.378 e. The summed E-state index contributed by atoms with van der Waals surface area (Å²) in [4.78, 5) is 8.90. The maximum Gasteiger partial charge on any atom is 0.124 e. The molecule has 3 rings (SSSR count).